The molecule has 134 valence electrons. The van der Waals surface area contributed by atoms with Crippen molar-refractivity contribution in [1.82, 2.24) is 9.88 Å². The zero-order valence-corrected chi connectivity index (χ0v) is 16.5. The van der Waals surface area contributed by atoms with E-state index in [1.807, 2.05) is 18.5 Å². The van der Waals surface area contributed by atoms with Crippen LogP contribution in [0.5, 0.6) is 0 Å². The van der Waals surface area contributed by atoms with Crippen molar-refractivity contribution in [2.45, 2.75) is 47.1 Å². The van der Waals surface area contributed by atoms with Gasteiger partial charge in [0.25, 0.3) is 0 Å². The molecule has 1 unspecified atom stereocenters. The fraction of sp³-hybridized carbons (Fsp3) is 0.500. The smallest absolute Gasteiger partial charge is 0.203 e. The average molecular weight is 357 g/mol. The largest absolute Gasteiger partial charge is 0.299 e. The van der Waals surface area contributed by atoms with Crippen LogP contribution >= 0.6 is 11.3 Å². The number of piperidine rings is 1. The zero-order chi connectivity index (χ0) is 17.8. The van der Waals surface area contributed by atoms with Gasteiger partial charge in [-0.25, -0.2) is 4.98 Å². The topological polar surface area (TPSA) is 40.5 Å². The lowest BCUT2D eigenvalue weighted by molar-refractivity contribution is 0.176. The van der Waals surface area contributed by atoms with Gasteiger partial charge in [0.15, 0.2) is 0 Å². The zero-order valence-electron chi connectivity index (χ0n) is 15.7. The highest BCUT2D eigenvalue weighted by Gasteiger charge is 2.17. The van der Waals surface area contributed by atoms with E-state index in [-0.39, 0.29) is 0 Å². The first-order valence-electron chi connectivity index (χ1n) is 9.05. The molecule has 1 fully saturated rings. The number of rotatable bonds is 5. The standard InChI is InChI=1S/C20H28N4S/c1-14-6-5-7-24(11-14)12-19-9-15(2)8-18(17(19)4)10-21-23-20-22-16(3)13-25-20/h8-10,13-14H,5-7,11-12H2,1-4H3,(H,22,23). The number of hydrazone groups is 1. The highest BCUT2D eigenvalue weighted by atomic mass is 32.1. The number of benzene rings is 1. The van der Waals surface area contributed by atoms with Crippen LogP contribution < -0.4 is 5.43 Å². The maximum Gasteiger partial charge on any atom is 0.203 e. The Balaban J connectivity index is 1.72. The van der Waals surface area contributed by atoms with Gasteiger partial charge in [-0.05, 0) is 62.8 Å². The fourth-order valence-electron chi connectivity index (χ4n) is 3.50. The number of nitrogens with one attached hydrogen (secondary N) is 1. The van der Waals surface area contributed by atoms with E-state index in [9.17, 15) is 0 Å². The molecule has 0 aliphatic carbocycles. The van der Waals surface area contributed by atoms with Crippen LogP contribution in [0.3, 0.4) is 0 Å². The first-order chi connectivity index (χ1) is 12.0. The summed E-state index contributed by atoms with van der Waals surface area (Å²) >= 11 is 1.58. The molecule has 0 amide bonds. The van der Waals surface area contributed by atoms with Crippen LogP contribution in [-0.2, 0) is 6.54 Å². The van der Waals surface area contributed by atoms with Crippen LogP contribution in [0.15, 0.2) is 22.6 Å². The molecular formula is C20H28N4S. The average Bonchev–Trinajstić information content (AvgIpc) is 2.97. The van der Waals surface area contributed by atoms with E-state index in [0.29, 0.717) is 0 Å². The number of nitrogens with zero attached hydrogens (tertiary/aromatic N) is 3. The summed E-state index contributed by atoms with van der Waals surface area (Å²) in [5.41, 5.74) is 9.27. The minimum absolute atomic E-state index is 0.811. The van der Waals surface area contributed by atoms with E-state index in [4.69, 9.17) is 0 Å². The molecule has 2 heterocycles. The molecule has 1 aromatic heterocycles. The van der Waals surface area contributed by atoms with Gasteiger partial charge < -0.3 is 0 Å². The maximum absolute atomic E-state index is 4.39. The molecule has 5 heteroatoms. The van der Waals surface area contributed by atoms with Gasteiger partial charge in [0.1, 0.15) is 0 Å². The quantitative estimate of drug-likeness (QED) is 0.621. The van der Waals surface area contributed by atoms with Gasteiger partial charge in [-0.3, -0.25) is 10.3 Å². The number of likely N-dealkylation sites (tertiary alicyclic amines) is 1. The molecule has 1 aromatic carbocycles. The van der Waals surface area contributed by atoms with Crippen molar-refractivity contribution in [2.75, 3.05) is 18.5 Å². The van der Waals surface area contributed by atoms with Gasteiger partial charge in [-0.15, -0.1) is 11.3 Å². The third-order valence-corrected chi connectivity index (χ3v) is 5.68. The fourth-order valence-corrected chi connectivity index (χ4v) is 4.13. The summed E-state index contributed by atoms with van der Waals surface area (Å²) in [5, 5.41) is 7.24. The normalized spacial score (nSPS) is 18.8. The second kappa shape index (κ2) is 8.11. The van der Waals surface area contributed by atoms with Crippen molar-refractivity contribution in [3.05, 3.63) is 45.5 Å². The number of anilines is 1. The van der Waals surface area contributed by atoms with E-state index in [0.717, 1.165) is 23.3 Å². The molecule has 1 atom stereocenters. The van der Waals surface area contributed by atoms with Gasteiger partial charge in [0.2, 0.25) is 5.13 Å². The van der Waals surface area contributed by atoms with Crippen LogP contribution in [-0.4, -0.2) is 29.2 Å². The molecule has 25 heavy (non-hydrogen) atoms. The number of hydrogen-bond donors (Lipinski definition) is 1. The van der Waals surface area contributed by atoms with Crippen molar-refractivity contribution in [3.8, 4) is 0 Å². The molecule has 2 aromatic rings. The predicted octanol–water partition coefficient (Wildman–Crippen LogP) is 4.75. The molecule has 0 spiro atoms. The van der Waals surface area contributed by atoms with Crippen molar-refractivity contribution in [1.29, 1.82) is 0 Å². The number of thiazole rings is 1. The first-order valence-corrected chi connectivity index (χ1v) is 9.93. The van der Waals surface area contributed by atoms with Gasteiger partial charge in [0, 0.05) is 18.5 Å². The van der Waals surface area contributed by atoms with Crippen LogP contribution in [0.2, 0.25) is 0 Å². The molecule has 1 N–H and O–H groups in total. The molecule has 4 nitrogen and oxygen atoms in total. The van der Waals surface area contributed by atoms with Crippen molar-refractivity contribution >= 4 is 22.7 Å². The van der Waals surface area contributed by atoms with Crippen LogP contribution in [0, 0.1) is 26.7 Å². The minimum Gasteiger partial charge on any atom is -0.299 e. The molecule has 1 aliphatic heterocycles. The van der Waals surface area contributed by atoms with E-state index in [2.05, 4.69) is 53.3 Å². The molecule has 0 radical (unpaired) electrons. The summed E-state index contributed by atoms with van der Waals surface area (Å²) in [6, 6.07) is 4.53. The third-order valence-electron chi connectivity index (χ3n) is 4.82. The molecule has 0 bridgehead atoms. The van der Waals surface area contributed by atoms with Crippen LogP contribution in [0.25, 0.3) is 0 Å². The second-order valence-electron chi connectivity index (χ2n) is 7.28. The monoisotopic (exact) mass is 356 g/mol. The number of hydrogen-bond acceptors (Lipinski definition) is 5. The minimum atomic E-state index is 0.811. The second-order valence-corrected chi connectivity index (χ2v) is 8.14. The SMILES string of the molecule is Cc1cc(C=NNc2nc(C)cs2)c(C)c(CN2CCCC(C)C2)c1. The first kappa shape index (κ1) is 18.1. The molecular weight excluding hydrogens is 328 g/mol. The van der Waals surface area contributed by atoms with E-state index < -0.39 is 0 Å². The van der Waals surface area contributed by atoms with E-state index in [1.54, 1.807) is 11.3 Å². The Morgan fingerprint density at radius 3 is 2.92 bits per heavy atom. The van der Waals surface area contributed by atoms with Crippen molar-refractivity contribution in [2.24, 2.45) is 11.0 Å². The Morgan fingerprint density at radius 2 is 2.20 bits per heavy atom. The third kappa shape index (κ3) is 4.89. The summed E-state index contributed by atoms with van der Waals surface area (Å²) in [6.07, 6.45) is 4.60. The Morgan fingerprint density at radius 1 is 1.36 bits per heavy atom. The van der Waals surface area contributed by atoms with E-state index >= 15 is 0 Å². The van der Waals surface area contributed by atoms with E-state index in [1.165, 1.54) is 48.2 Å². The lowest BCUT2D eigenvalue weighted by atomic mass is 9.96. The van der Waals surface area contributed by atoms with Crippen LogP contribution in [0.1, 0.15) is 47.7 Å². The Labute approximate surface area is 155 Å². The summed E-state index contributed by atoms with van der Waals surface area (Å²) in [7, 11) is 0. The van der Waals surface area contributed by atoms with Gasteiger partial charge >= 0.3 is 0 Å². The lowest BCUT2D eigenvalue weighted by Crippen LogP contribution is -2.34. The number of aryl methyl sites for hydroxylation is 2. The number of aromatic nitrogens is 1. The van der Waals surface area contributed by atoms with Crippen molar-refractivity contribution < 1.29 is 0 Å². The van der Waals surface area contributed by atoms with Gasteiger partial charge in [-0.2, -0.15) is 5.10 Å². The molecule has 1 saturated heterocycles. The highest BCUT2D eigenvalue weighted by molar-refractivity contribution is 7.13. The van der Waals surface area contributed by atoms with Gasteiger partial charge in [-0.1, -0.05) is 24.6 Å². The molecule has 0 saturated carbocycles. The summed E-state index contributed by atoms with van der Waals surface area (Å²) in [4.78, 5) is 6.96. The van der Waals surface area contributed by atoms with Gasteiger partial charge in [0.05, 0.1) is 11.9 Å². The Kier molecular flexibility index (Phi) is 5.86. The lowest BCUT2D eigenvalue weighted by Gasteiger charge is -2.31. The highest BCUT2D eigenvalue weighted by Crippen LogP contribution is 2.22. The summed E-state index contributed by atoms with van der Waals surface area (Å²) in [6.45, 7) is 12.2. The van der Waals surface area contributed by atoms with Crippen LogP contribution in [0.4, 0.5) is 5.13 Å². The molecule has 1 aliphatic rings. The molecule has 3 rings (SSSR count). The maximum atomic E-state index is 4.39. The Bertz CT molecular complexity index is 750. The summed E-state index contributed by atoms with van der Waals surface area (Å²) < 4.78 is 0. The predicted molar refractivity (Wildman–Crippen MR) is 108 cm³/mol. The van der Waals surface area contributed by atoms with Crippen molar-refractivity contribution in [3.63, 3.8) is 0 Å². The summed E-state index contributed by atoms with van der Waals surface area (Å²) in [5.74, 6) is 0.811. The Hall–Kier alpha value is -1.72.